The predicted octanol–water partition coefficient (Wildman–Crippen LogP) is 7.62. The quantitative estimate of drug-likeness (QED) is 0.234. The summed E-state index contributed by atoms with van der Waals surface area (Å²) in [6, 6.07) is 22.7. The van der Waals surface area contributed by atoms with Crippen LogP contribution in [-0.2, 0) is 23.9 Å². The van der Waals surface area contributed by atoms with Crippen molar-refractivity contribution in [2.45, 2.75) is 32.1 Å². The Labute approximate surface area is 240 Å². The summed E-state index contributed by atoms with van der Waals surface area (Å²) in [7, 11) is 1.48. The zero-order valence-electron chi connectivity index (χ0n) is 22.9. The van der Waals surface area contributed by atoms with Gasteiger partial charge in [0, 0.05) is 5.56 Å². The van der Waals surface area contributed by atoms with Crippen LogP contribution in [0.3, 0.4) is 0 Å². The summed E-state index contributed by atoms with van der Waals surface area (Å²) in [5, 5.41) is 9.35. The lowest BCUT2D eigenvalue weighted by Gasteiger charge is -2.24. The molecule has 0 unspecified atom stereocenters. The van der Waals surface area contributed by atoms with Crippen LogP contribution in [0.1, 0.15) is 32.6 Å². The zero-order chi connectivity index (χ0) is 30.0. The number of aromatic carboxylic acids is 1. The first-order chi connectivity index (χ1) is 20.0. The first-order valence-electron chi connectivity index (χ1n) is 13.3. The van der Waals surface area contributed by atoms with E-state index in [1.807, 2.05) is 36.4 Å². The zero-order valence-corrected chi connectivity index (χ0v) is 22.9. The maximum absolute atomic E-state index is 13.8. The lowest BCUT2D eigenvalue weighted by molar-refractivity contribution is -0.137. The van der Waals surface area contributed by atoms with E-state index in [0.717, 1.165) is 34.4 Å². The van der Waals surface area contributed by atoms with Crippen LogP contribution < -0.4 is 4.74 Å². The molecule has 0 aromatic heterocycles. The number of carboxylic acid groups (broad SMARTS) is 1. The van der Waals surface area contributed by atoms with Gasteiger partial charge in [-0.15, -0.1) is 0 Å². The Morgan fingerprint density at radius 3 is 2.38 bits per heavy atom. The van der Waals surface area contributed by atoms with E-state index in [9.17, 15) is 27.9 Å². The Kier molecular flexibility index (Phi) is 7.93. The van der Waals surface area contributed by atoms with Crippen molar-refractivity contribution < 1.29 is 37.3 Å². The van der Waals surface area contributed by atoms with Crippen LogP contribution in [0.5, 0.6) is 5.75 Å². The summed E-state index contributed by atoms with van der Waals surface area (Å²) in [6.07, 6.45) is -4.68. The molecule has 4 aromatic rings. The third-order valence-corrected chi connectivity index (χ3v) is 7.44. The Hall–Kier alpha value is -4.79. The van der Waals surface area contributed by atoms with Gasteiger partial charge in [0.25, 0.3) is 0 Å². The number of cyclic esters (lactones) is 1. The number of halogens is 3. The topological polar surface area (TPSA) is 76.1 Å². The molecule has 1 saturated heterocycles. The Morgan fingerprint density at radius 2 is 1.71 bits per heavy atom. The monoisotopic (exact) mass is 575 g/mol. The van der Waals surface area contributed by atoms with Crippen LogP contribution in [0.2, 0.25) is 0 Å². The summed E-state index contributed by atoms with van der Waals surface area (Å²) in [5.41, 5.74) is 3.82. The summed E-state index contributed by atoms with van der Waals surface area (Å²) in [5.74, 6) is -0.607. The van der Waals surface area contributed by atoms with Gasteiger partial charge in [-0.25, -0.2) is 9.59 Å². The minimum absolute atomic E-state index is 0.102. The van der Waals surface area contributed by atoms with Gasteiger partial charge in [0.05, 0.1) is 30.8 Å². The van der Waals surface area contributed by atoms with Gasteiger partial charge in [0.15, 0.2) is 0 Å². The van der Waals surface area contributed by atoms with E-state index in [2.05, 4.69) is 0 Å². The number of carbonyl (C=O) groups excluding carboxylic acids is 1. The van der Waals surface area contributed by atoms with Gasteiger partial charge < -0.3 is 14.6 Å². The van der Waals surface area contributed by atoms with E-state index in [4.69, 9.17) is 9.47 Å². The molecule has 1 aliphatic rings. The standard InChI is InChI=1S/C33H28F3NO5/c1-20-14-23(31(38)39)8-11-27(20)22-9-13-30(41-2)29(17-22)28-12-10-25(33(34,35)36)16-24(28)18-37-26(19-42-32(37)40)15-21-6-4-3-5-7-21/h3-14,16-17,26H,15,18-19H2,1-2H3,(H,38,39)/t26-/m0/s1. The molecule has 1 aliphatic heterocycles. The van der Waals surface area contributed by atoms with Crippen LogP contribution in [0.25, 0.3) is 22.3 Å². The van der Waals surface area contributed by atoms with E-state index in [1.165, 1.54) is 24.1 Å². The van der Waals surface area contributed by atoms with Crippen molar-refractivity contribution in [1.82, 2.24) is 4.90 Å². The van der Waals surface area contributed by atoms with E-state index in [-0.39, 0.29) is 30.3 Å². The fourth-order valence-electron chi connectivity index (χ4n) is 5.29. The van der Waals surface area contributed by atoms with Gasteiger partial charge in [-0.1, -0.05) is 48.5 Å². The average molecular weight is 576 g/mol. The number of ether oxygens (including phenoxy) is 2. The molecule has 0 aliphatic carbocycles. The smallest absolute Gasteiger partial charge is 0.416 e. The molecule has 0 radical (unpaired) electrons. The molecule has 6 nitrogen and oxygen atoms in total. The molecular formula is C33H28F3NO5. The highest BCUT2D eigenvalue weighted by molar-refractivity contribution is 5.89. The molecule has 0 spiro atoms. The number of nitrogens with zero attached hydrogens (tertiary/aromatic N) is 1. The maximum Gasteiger partial charge on any atom is 0.416 e. The summed E-state index contributed by atoms with van der Waals surface area (Å²) >= 11 is 0. The van der Waals surface area contributed by atoms with Crippen LogP contribution in [0, 0.1) is 6.92 Å². The van der Waals surface area contributed by atoms with Crippen molar-refractivity contribution >= 4 is 12.1 Å². The Morgan fingerprint density at radius 1 is 0.976 bits per heavy atom. The van der Waals surface area contributed by atoms with Crippen molar-refractivity contribution in [3.05, 3.63) is 113 Å². The van der Waals surface area contributed by atoms with Crippen LogP contribution in [-0.4, -0.2) is 41.8 Å². The van der Waals surface area contributed by atoms with Crippen LogP contribution in [0.15, 0.2) is 84.9 Å². The number of amides is 1. The number of rotatable bonds is 8. The third kappa shape index (κ3) is 5.95. The highest BCUT2D eigenvalue weighted by Crippen LogP contribution is 2.40. The number of hydrogen-bond donors (Lipinski definition) is 1. The molecule has 216 valence electrons. The van der Waals surface area contributed by atoms with Crippen molar-refractivity contribution in [1.29, 1.82) is 0 Å². The van der Waals surface area contributed by atoms with E-state index >= 15 is 0 Å². The van der Waals surface area contributed by atoms with E-state index in [1.54, 1.807) is 31.2 Å². The number of benzene rings is 4. The molecule has 5 rings (SSSR count). The summed E-state index contributed by atoms with van der Waals surface area (Å²) < 4.78 is 52.5. The predicted molar refractivity (Wildman–Crippen MR) is 151 cm³/mol. The molecule has 0 bridgehead atoms. The largest absolute Gasteiger partial charge is 0.496 e. The van der Waals surface area contributed by atoms with Crippen LogP contribution >= 0.6 is 0 Å². The minimum atomic E-state index is -4.59. The molecule has 0 saturated carbocycles. The molecule has 1 amide bonds. The van der Waals surface area contributed by atoms with Crippen molar-refractivity contribution in [2.24, 2.45) is 0 Å². The number of methoxy groups -OCH3 is 1. The highest BCUT2D eigenvalue weighted by Gasteiger charge is 2.35. The normalized spacial score (nSPS) is 15.0. The average Bonchev–Trinajstić information content (AvgIpc) is 3.30. The first-order valence-corrected chi connectivity index (χ1v) is 13.3. The molecule has 1 N–H and O–H groups in total. The highest BCUT2D eigenvalue weighted by atomic mass is 19.4. The fourth-order valence-corrected chi connectivity index (χ4v) is 5.29. The number of alkyl halides is 3. The molecule has 9 heteroatoms. The molecule has 1 atom stereocenters. The molecule has 1 fully saturated rings. The molecule has 4 aromatic carbocycles. The number of aryl methyl sites for hydroxylation is 1. The van der Waals surface area contributed by atoms with Crippen molar-refractivity contribution in [2.75, 3.05) is 13.7 Å². The van der Waals surface area contributed by atoms with Gasteiger partial charge in [-0.2, -0.15) is 13.2 Å². The van der Waals surface area contributed by atoms with E-state index in [0.29, 0.717) is 23.3 Å². The maximum atomic E-state index is 13.8. The first kappa shape index (κ1) is 28.7. The molecule has 1 heterocycles. The second-order valence-electron chi connectivity index (χ2n) is 10.2. The van der Waals surface area contributed by atoms with Gasteiger partial charge in [-0.3, -0.25) is 4.90 Å². The lowest BCUT2D eigenvalue weighted by atomic mass is 9.91. The summed E-state index contributed by atoms with van der Waals surface area (Å²) in [6.45, 7) is 1.82. The van der Waals surface area contributed by atoms with Crippen molar-refractivity contribution in [3.8, 4) is 28.0 Å². The Bertz CT molecular complexity index is 1630. The third-order valence-electron chi connectivity index (χ3n) is 7.44. The van der Waals surface area contributed by atoms with Gasteiger partial charge >= 0.3 is 18.2 Å². The number of hydrogen-bond acceptors (Lipinski definition) is 4. The fraction of sp³-hybridized carbons (Fsp3) is 0.212. The number of carboxylic acids is 1. The molecule has 42 heavy (non-hydrogen) atoms. The Balaban J connectivity index is 1.59. The minimum Gasteiger partial charge on any atom is -0.496 e. The van der Waals surface area contributed by atoms with Gasteiger partial charge in [0.1, 0.15) is 12.4 Å². The second kappa shape index (κ2) is 11.6. The van der Waals surface area contributed by atoms with Gasteiger partial charge in [-0.05, 0) is 83.1 Å². The summed E-state index contributed by atoms with van der Waals surface area (Å²) in [4.78, 5) is 25.7. The number of carbonyl (C=O) groups is 2. The SMILES string of the molecule is COc1ccc(-c2ccc(C(=O)O)cc2C)cc1-c1ccc(C(F)(F)F)cc1CN1C(=O)OC[C@@H]1Cc1ccccc1. The van der Waals surface area contributed by atoms with Crippen molar-refractivity contribution in [3.63, 3.8) is 0 Å². The van der Waals surface area contributed by atoms with Gasteiger partial charge in [0.2, 0.25) is 0 Å². The second-order valence-corrected chi connectivity index (χ2v) is 10.2. The van der Waals surface area contributed by atoms with E-state index < -0.39 is 23.8 Å². The van der Waals surface area contributed by atoms with Crippen LogP contribution in [0.4, 0.5) is 18.0 Å². The molecular weight excluding hydrogens is 547 g/mol. The lowest BCUT2D eigenvalue weighted by Crippen LogP contribution is -2.34.